The van der Waals surface area contributed by atoms with Gasteiger partial charge >= 0.3 is 0 Å². The molecule has 1 aromatic heterocycles. The molecule has 8 heteroatoms. The van der Waals surface area contributed by atoms with Gasteiger partial charge in [-0.05, 0) is 18.2 Å². The molecule has 1 aromatic carbocycles. The van der Waals surface area contributed by atoms with E-state index in [2.05, 4.69) is 5.32 Å². The lowest BCUT2D eigenvalue weighted by molar-refractivity contribution is -0.384. The molecule has 1 amide bonds. The molecule has 0 saturated carbocycles. The maximum atomic E-state index is 11.8. The lowest BCUT2D eigenvalue weighted by atomic mass is 10.2. The second-order valence-electron chi connectivity index (χ2n) is 3.52. The van der Waals surface area contributed by atoms with Crippen LogP contribution in [0.2, 0.25) is 4.34 Å². The Morgan fingerprint density at radius 2 is 2.11 bits per heavy atom. The molecular weight excluding hydrogens is 292 g/mol. The minimum atomic E-state index is -0.614. The Labute approximate surface area is 116 Å². The third-order valence-corrected chi connectivity index (χ3v) is 3.47. The predicted octanol–water partition coefficient (Wildman–Crippen LogP) is 3.27. The third-order valence-electron chi connectivity index (χ3n) is 2.24. The zero-order chi connectivity index (χ0) is 14.0. The number of non-ortho nitro benzene ring substituents is 1. The number of benzene rings is 1. The number of thiophene rings is 1. The molecule has 0 spiro atoms. The van der Waals surface area contributed by atoms with Gasteiger partial charge in [0.05, 0.1) is 19.8 Å². The van der Waals surface area contributed by atoms with Gasteiger partial charge in [-0.25, -0.2) is 0 Å². The Balaban J connectivity index is 2.25. The summed E-state index contributed by atoms with van der Waals surface area (Å²) in [6.45, 7) is 0. The number of hydrogen-bond acceptors (Lipinski definition) is 5. The highest BCUT2D eigenvalue weighted by atomic mass is 35.5. The second kappa shape index (κ2) is 5.25. The summed E-state index contributed by atoms with van der Waals surface area (Å²) in [5, 5.41) is 22.6. The molecule has 2 aromatic rings. The lowest BCUT2D eigenvalue weighted by Crippen LogP contribution is -2.10. The van der Waals surface area contributed by atoms with E-state index in [9.17, 15) is 20.0 Å². The Hall–Kier alpha value is -2.12. The molecule has 6 nitrogen and oxygen atoms in total. The van der Waals surface area contributed by atoms with Gasteiger partial charge in [-0.1, -0.05) is 11.6 Å². The first-order valence-corrected chi connectivity index (χ1v) is 6.21. The molecule has 2 N–H and O–H groups in total. The van der Waals surface area contributed by atoms with Crippen molar-refractivity contribution in [1.82, 2.24) is 0 Å². The van der Waals surface area contributed by atoms with Crippen molar-refractivity contribution >= 4 is 40.2 Å². The number of halogens is 1. The average molecular weight is 299 g/mol. The fourth-order valence-corrected chi connectivity index (χ4v) is 2.30. The van der Waals surface area contributed by atoms with E-state index in [1.165, 1.54) is 6.07 Å². The van der Waals surface area contributed by atoms with Crippen LogP contribution < -0.4 is 5.32 Å². The number of amides is 1. The highest BCUT2D eigenvalue weighted by Crippen LogP contribution is 2.29. The van der Waals surface area contributed by atoms with Crippen molar-refractivity contribution in [2.75, 3.05) is 5.32 Å². The van der Waals surface area contributed by atoms with Gasteiger partial charge < -0.3 is 10.4 Å². The summed E-state index contributed by atoms with van der Waals surface area (Å²) in [5.41, 5.74) is -0.249. The zero-order valence-corrected chi connectivity index (χ0v) is 10.9. The number of phenolic OH excluding ortho intramolecular Hbond substituents is 1. The van der Waals surface area contributed by atoms with Crippen molar-refractivity contribution in [2.24, 2.45) is 0 Å². The fourth-order valence-electron chi connectivity index (χ4n) is 1.36. The van der Waals surface area contributed by atoms with Crippen LogP contribution >= 0.6 is 22.9 Å². The number of rotatable bonds is 3. The van der Waals surface area contributed by atoms with Gasteiger partial charge in [0.15, 0.2) is 0 Å². The summed E-state index contributed by atoms with van der Waals surface area (Å²) in [7, 11) is 0. The molecule has 1 heterocycles. The number of carbonyl (C=O) groups excluding carboxylic acids is 1. The van der Waals surface area contributed by atoms with E-state index in [4.69, 9.17) is 11.6 Å². The van der Waals surface area contributed by atoms with E-state index in [0.29, 0.717) is 9.21 Å². The smallest absolute Gasteiger partial charge is 0.271 e. The number of nitro benzene ring substituents is 1. The summed E-state index contributed by atoms with van der Waals surface area (Å²) in [6.07, 6.45) is 0. The SMILES string of the molecule is O=C(Nc1cc([N+](=O)[O-])ccc1O)c1ccc(Cl)s1. The van der Waals surface area contributed by atoms with Crippen LogP contribution in [0.1, 0.15) is 9.67 Å². The summed E-state index contributed by atoms with van der Waals surface area (Å²) in [6, 6.07) is 6.47. The molecular formula is C11H7ClN2O4S. The third kappa shape index (κ3) is 3.01. The maximum absolute atomic E-state index is 11.8. The minimum absolute atomic E-state index is 0.0243. The van der Waals surface area contributed by atoms with E-state index in [1.807, 2.05) is 0 Å². The van der Waals surface area contributed by atoms with Crippen molar-refractivity contribution in [3.63, 3.8) is 0 Å². The number of nitrogens with one attached hydrogen (secondary N) is 1. The van der Waals surface area contributed by atoms with Crippen molar-refractivity contribution in [3.8, 4) is 5.75 Å². The van der Waals surface area contributed by atoms with E-state index in [1.54, 1.807) is 6.07 Å². The molecule has 19 heavy (non-hydrogen) atoms. The Morgan fingerprint density at radius 1 is 1.37 bits per heavy atom. The molecule has 0 unspecified atom stereocenters. The first-order chi connectivity index (χ1) is 8.97. The largest absolute Gasteiger partial charge is 0.506 e. The summed E-state index contributed by atoms with van der Waals surface area (Å²) < 4.78 is 0.452. The predicted molar refractivity (Wildman–Crippen MR) is 72.0 cm³/mol. The molecule has 98 valence electrons. The van der Waals surface area contributed by atoms with Crippen LogP contribution in [-0.4, -0.2) is 15.9 Å². The number of nitrogens with zero attached hydrogens (tertiary/aromatic N) is 1. The number of phenols is 1. The van der Waals surface area contributed by atoms with Gasteiger partial charge in [-0.15, -0.1) is 11.3 Å². The van der Waals surface area contributed by atoms with Crippen LogP contribution in [0.5, 0.6) is 5.75 Å². The average Bonchev–Trinajstić information content (AvgIpc) is 2.78. The first kappa shape index (κ1) is 13.3. The molecule has 0 fully saturated rings. The number of nitro groups is 1. The van der Waals surface area contributed by atoms with E-state index in [-0.39, 0.29) is 17.1 Å². The number of aromatic hydroxyl groups is 1. The Morgan fingerprint density at radius 3 is 2.68 bits per heavy atom. The molecule has 0 atom stereocenters. The second-order valence-corrected chi connectivity index (χ2v) is 5.23. The fraction of sp³-hybridized carbons (Fsp3) is 0. The van der Waals surface area contributed by atoms with Gasteiger partial charge in [-0.2, -0.15) is 0 Å². The monoisotopic (exact) mass is 298 g/mol. The van der Waals surface area contributed by atoms with Crippen LogP contribution in [0.15, 0.2) is 30.3 Å². The van der Waals surface area contributed by atoms with Crippen molar-refractivity contribution < 1.29 is 14.8 Å². The molecule has 0 radical (unpaired) electrons. The number of anilines is 1. The van der Waals surface area contributed by atoms with Gasteiger partial charge in [-0.3, -0.25) is 14.9 Å². The van der Waals surface area contributed by atoms with E-state index < -0.39 is 10.8 Å². The Bertz CT molecular complexity index is 656. The van der Waals surface area contributed by atoms with E-state index >= 15 is 0 Å². The zero-order valence-electron chi connectivity index (χ0n) is 9.29. The summed E-state index contributed by atoms with van der Waals surface area (Å²) in [4.78, 5) is 22.2. The molecule has 0 saturated heterocycles. The van der Waals surface area contributed by atoms with Crippen LogP contribution in [0.4, 0.5) is 11.4 Å². The molecule has 0 aliphatic heterocycles. The molecule has 0 aliphatic rings. The molecule has 0 bridgehead atoms. The highest BCUT2D eigenvalue weighted by Gasteiger charge is 2.14. The number of hydrogen-bond donors (Lipinski definition) is 2. The minimum Gasteiger partial charge on any atom is -0.506 e. The standard InChI is InChI=1S/C11H7ClN2O4S/c12-10-4-3-9(19-10)11(16)13-7-5-6(14(17)18)1-2-8(7)15/h1-5,15H,(H,13,16). The molecule has 0 aliphatic carbocycles. The Kier molecular flexibility index (Phi) is 3.68. The van der Waals surface area contributed by atoms with Crippen LogP contribution in [-0.2, 0) is 0 Å². The summed E-state index contributed by atoms with van der Waals surface area (Å²) in [5.74, 6) is -0.741. The van der Waals surface area contributed by atoms with Crippen molar-refractivity contribution in [2.45, 2.75) is 0 Å². The van der Waals surface area contributed by atoms with Crippen LogP contribution in [0.25, 0.3) is 0 Å². The van der Waals surface area contributed by atoms with Crippen LogP contribution in [0, 0.1) is 10.1 Å². The normalized spacial score (nSPS) is 10.2. The first-order valence-electron chi connectivity index (χ1n) is 5.01. The van der Waals surface area contributed by atoms with Crippen molar-refractivity contribution in [3.05, 3.63) is 49.7 Å². The number of carbonyl (C=O) groups is 1. The van der Waals surface area contributed by atoms with Gasteiger partial charge in [0.2, 0.25) is 0 Å². The van der Waals surface area contributed by atoms with Gasteiger partial charge in [0.1, 0.15) is 5.75 Å². The van der Waals surface area contributed by atoms with E-state index in [0.717, 1.165) is 29.5 Å². The maximum Gasteiger partial charge on any atom is 0.271 e. The topological polar surface area (TPSA) is 92.5 Å². The van der Waals surface area contributed by atoms with Crippen LogP contribution in [0.3, 0.4) is 0 Å². The highest BCUT2D eigenvalue weighted by molar-refractivity contribution is 7.18. The quantitative estimate of drug-likeness (QED) is 0.517. The van der Waals surface area contributed by atoms with Gasteiger partial charge in [0, 0.05) is 12.1 Å². The van der Waals surface area contributed by atoms with Gasteiger partial charge in [0.25, 0.3) is 11.6 Å². The summed E-state index contributed by atoms with van der Waals surface area (Å²) >= 11 is 6.77. The lowest BCUT2D eigenvalue weighted by Gasteiger charge is -2.05. The molecule has 2 rings (SSSR count). The van der Waals surface area contributed by atoms with Crippen molar-refractivity contribution in [1.29, 1.82) is 0 Å².